The van der Waals surface area contributed by atoms with E-state index in [0.717, 1.165) is 23.5 Å². The molecule has 32 heavy (non-hydrogen) atoms. The summed E-state index contributed by atoms with van der Waals surface area (Å²) in [5.74, 6) is 0.130. The first-order valence-electron chi connectivity index (χ1n) is 10.2. The number of aromatic nitrogens is 2. The number of amides is 1. The van der Waals surface area contributed by atoms with E-state index in [2.05, 4.69) is 20.2 Å². The zero-order valence-electron chi connectivity index (χ0n) is 17.8. The molecule has 1 aromatic heterocycles. The van der Waals surface area contributed by atoms with E-state index >= 15 is 0 Å². The molecule has 2 N–H and O–H groups in total. The summed E-state index contributed by atoms with van der Waals surface area (Å²) in [6.45, 7) is 3.84. The lowest BCUT2D eigenvalue weighted by Crippen LogP contribution is -2.32. The highest BCUT2D eigenvalue weighted by molar-refractivity contribution is 6.30. The monoisotopic (exact) mass is 454 g/mol. The molecule has 0 unspecified atom stereocenters. The number of imidazole rings is 1. The van der Waals surface area contributed by atoms with Gasteiger partial charge in [0.15, 0.2) is 11.0 Å². The van der Waals surface area contributed by atoms with E-state index in [4.69, 9.17) is 21.1 Å². The fourth-order valence-electron chi connectivity index (χ4n) is 3.52. The standard InChI is InChI=1S/C23H23ClN4O4/c1-3-17-20(24)27-21(26-17)22(29)25-16-8-9-18-19(12-16)32-11-10-28(18)13-14-4-6-15(7-5-14)23(30)31-2/h4-9,12H,3,10-11,13H2,1-2H3,(H,25,29)(H,26,27). The number of ether oxygens (including phenoxy) is 2. The van der Waals surface area contributed by atoms with Crippen LogP contribution in [-0.2, 0) is 17.7 Å². The average molecular weight is 455 g/mol. The Labute approximate surface area is 190 Å². The summed E-state index contributed by atoms with van der Waals surface area (Å²) in [7, 11) is 1.36. The number of rotatable bonds is 6. The van der Waals surface area contributed by atoms with Crippen LogP contribution in [0.3, 0.4) is 0 Å². The van der Waals surface area contributed by atoms with Gasteiger partial charge in [0.1, 0.15) is 12.4 Å². The molecule has 2 aromatic carbocycles. The van der Waals surface area contributed by atoms with Gasteiger partial charge in [-0.1, -0.05) is 30.7 Å². The Morgan fingerprint density at radius 2 is 2.03 bits per heavy atom. The number of methoxy groups -OCH3 is 1. The van der Waals surface area contributed by atoms with Gasteiger partial charge in [-0.2, -0.15) is 0 Å². The van der Waals surface area contributed by atoms with E-state index in [-0.39, 0.29) is 17.7 Å². The largest absolute Gasteiger partial charge is 0.489 e. The summed E-state index contributed by atoms with van der Waals surface area (Å²) in [6.07, 6.45) is 0.660. The van der Waals surface area contributed by atoms with Crippen LogP contribution in [0.5, 0.6) is 5.75 Å². The van der Waals surface area contributed by atoms with Crippen molar-refractivity contribution in [3.05, 3.63) is 70.3 Å². The summed E-state index contributed by atoms with van der Waals surface area (Å²) >= 11 is 6.03. The lowest BCUT2D eigenvalue weighted by molar-refractivity contribution is 0.0600. The van der Waals surface area contributed by atoms with Gasteiger partial charge in [-0.15, -0.1) is 0 Å². The van der Waals surface area contributed by atoms with Crippen molar-refractivity contribution in [2.45, 2.75) is 19.9 Å². The van der Waals surface area contributed by atoms with Gasteiger partial charge >= 0.3 is 5.97 Å². The van der Waals surface area contributed by atoms with Crippen LogP contribution < -0.4 is 15.0 Å². The maximum absolute atomic E-state index is 12.5. The van der Waals surface area contributed by atoms with Crippen molar-refractivity contribution in [3.8, 4) is 5.75 Å². The minimum Gasteiger partial charge on any atom is -0.489 e. The molecule has 3 aromatic rings. The maximum Gasteiger partial charge on any atom is 0.337 e. The third-order valence-electron chi connectivity index (χ3n) is 5.22. The molecule has 1 amide bonds. The number of carbonyl (C=O) groups is 2. The molecule has 0 radical (unpaired) electrons. The highest BCUT2D eigenvalue weighted by Crippen LogP contribution is 2.35. The zero-order valence-corrected chi connectivity index (χ0v) is 18.5. The minimum atomic E-state index is -0.370. The molecule has 166 valence electrons. The first kappa shape index (κ1) is 21.7. The maximum atomic E-state index is 12.5. The van der Waals surface area contributed by atoms with Crippen LogP contribution in [0.1, 0.15) is 39.2 Å². The fraction of sp³-hybridized carbons (Fsp3) is 0.261. The number of nitrogens with one attached hydrogen (secondary N) is 2. The van der Waals surface area contributed by atoms with Crippen LogP contribution in [-0.4, -0.2) is 42.1 Å². The van der Waals surface area contributed by atoms with Crippen molar-refractivity contribution in [3.63, 3.8) is 0 Å². The predicted octanol–water partition coefficient (Wildman–Crippen LogP) is 4.06. The van der Waals surface area contributed by atoms with E-state index in [9.17, 15) is 9.59 Å². The number of carbonyl (C=O) groups excluding carboxylic acids is 2. The Kier molecular flexibility index (Phi) is 6.32. The second-order valence-corrected chi connectivity index (χ2v) is 7.66. The number of benzene rings is 2. The number of hydrogen-bond acceptors (Lipinski definition) is 6. The van der Waals surface area contributed by atoms with E-state index in [1.807, 2.05) is 31.2 Å². The summed E-state index contributed by atoms with van der Waals surface area (Å²) in [6, 6.07) is 12.9. The van der Waals surface area contributed by atoms with Crippen molar-refractivity contribution in [1.82, 2.24) is 9.97 Å². The molecule has 1 aliphatic heterocycles. The smallest absolute Gasteiger partial charge is 0.337 e. The third-order valence-corrected chi connectivity index (χ3v) is 5.54. The van der Waals surface area contributed by atoms with E-state index in [0.29, 0.717) is 41.7 Å². The van der Waals surface area contributed by atoms with E-state index in [1.165, 1.54) is 7.11 Å². The second kappa shape index (κ2) is 9.32. The van der Waals surface area contributed by atoms with Crippen molar-refractivity contribution < 1.29 is 19.1 Å². The number of anilines is 2. The van der Waals surface area contributed by atoms with E-state index < -0.39 is 0 Å². The summed E-state index contributed by atoms with van der Waals surface area (Å²) in [5, 5.41) is 3.13. The number of halogens is 1. The predicted molar refractivity (Wildman–Crippen MR) is 122 cm³/mol. The van der Waals surface area contributed by atoms with Crippen molar-refractivity contribution in [2.24, 2.45) is 0 Å². The van der Waals surface area contributed by atoms with Crippen LogP contribution >= 0.6 is 11.6 Å². The molecule has 0 aliphatic carbocycles. The normalized spacial score (nSPS) is 12.7. The third kappa shape index (κ3) is 4.55. The molecule has 2 heterocycles. The van der Waals surface area contributed by atoms with Gasteiger partial charge in [0.05, 0.1) is 30.6 Å². The SMILES string of the molecule is CCc1[nH]c(C(=O)Nc2ccc3c(c2)OCCN3Cc2ccc(C(=O)OC)cc2)nc1Cl. The molecule has 0 bridgehead atoms. The Balaban J connectivity index is 1.47. The molecule has 0 saturated carbocycles. The molecule has 4 rings (SSSR count). The topological polar surface area (TPSA) is 96.6 Å². The molecule has 1 aliphatic rings. The summed E-state index contributed by atoms with van der Waals surface area (Å²) in [4.78, 5) is 33.3. The number of aryl methyl sites for hydroxylation is 1. The van der Waals surface area contributed by atoms with Gasteiger partial charge in [0.2, 0.25) is 0 Å². The Bertz CT molecular complexity index is 1140. The Hall–Kier alpha value is -3.52. The first-order valence-corrected chi connectivity index (χ1v) is 10.6. The van der Waals surface area contributed by atoms with Gasteiger partial charge in [-0.25, -0.2) is 9.78 Å². The van der Waals surface area contributed by atoms with Crippen molar-refractivity contribution in [1.29, 1.82) is 0 Å². The van der Waals surface area contributed by atoms with Crippen LogP contribution in [0.25, 0.3) is 0 Å². The second-order valence-electron chi connectivity index (χ2n) is 7.30. The highest BCUT2D eigenvalue weighted by atomic mass is 35.5. The minimum absolute atomic E-state index is 0.169. The van der Waals surface area contributed by atoms with Crippen LogP contribution in [0, 0.1) is 0 Å². The lowest BCUT2D eigenvalue weighted by atomic mass is 10.1. The molecule has 0 fully saturated rings. The first-order chi connectivity index (χ1) is 15.5. The zero-order chi connectivity index (χ0) is 22.7. The molecule has 0 spiro atoms. The Morgan fingerprint density at radius 1 is 1.25 bits per heavy atom. The highest BCUT2D eigenvalue weighted by Gasteiger charge is 2.20. The molecule has 9 heteroatoms. The lowest BCUT2D eigenvalue weighted by Gasteiger charge is -2.31. The van der Waals surface area contributed by atoms with Gasteiger partial charge in [0.25, 0.3) is 5.91 Å². The molecular weight excluding hydrogens is 432 g/mol. The molecule has 0 saturated heterocycles. The quantitative estimate of drug-likeness (QED) is 0.545. The van der Waals surface area contributed by atoms with Gasteiger partial charge in [-0.05, 0) is 36.2 Å². The van der Waals surface area contributed by atoms with Crippen LogP contribution in [0.2, 0.25) is 5.15 Å². The van der Waals surface area contributed by atoms with Crippen LogP contribution in [0.15, 0.2) is 42.5 Å². The fourth-order valence-corrected chi connectivity index (χ4v) is 3.79. The number of nitrogens with zero attached hydrogens (tertiary/aromatic N) is 2. The number of esters is 1. The average Bonchev–Trinajstić information content (AvgIpc) is 3.20. The summed E-state index contributed by atoms with van der Waals surface area (Å²) in [5.41, 5.74) is 3.83. The van der Waals surface area contributed by atoms with Gasteiger partial charge in [0, 0.05) is 18.3 Å². The Morgan fingerprint density at radius 3 is 2.72 bits per heavy atom. The van der Waals surface area contributed by atoms with Gasteiger partial charge < -0.3 is 24.7 Å². The molecule has 8 nitrogen and oxygen atoms in total. The van der Waals surface area contributed by atoms with E-state index in [1.54, 1.807) is 18.2 Å². The number of hydrogen-bond donors (Lipinski definition) is 2. The number of fused-ring (bicyclic) bond motifs is 1. The molecular formula is C23H23ClN4O4. The van der Waals surface area contributed by atoms with Crippen LogP contribution in [0.4, 0.5) is 11.4 Å². The number of aromatic amines is 1. The van der Waals surface area contributed by atoms with Crippen molar-refractivity contribution in [2.75, 3.05) is 30.5 Å². The summed E-state index contributed by atoms with van der Waals surface area (Å²) < 4.78 is 10.6. The van der Waals surface area contributed by atoms with Gasteiger partial charge in [-0.3, -0.25) is 4.79 Å². The molecule has 0 atom stereocenters. The van der Waals surface area contributed by atoms with Crippen molar-refractivity contribution >= 4 is 34.9 Å². The number of H-pyrrole nitrogens is 1.